The number of nitrogens with two attached hydrogens (primary N) is 2. The van der Waals surface area contributed by atoms with Crippen molar-refractivity contribution in [3.05, 3.63) is 23.3 Å². The summed E-state index contributed by atoms with van der Waals surface area (Å²) < 4.78 is 11.4. The van der Waals surface area contributed by atoms with Crippen LogP contribution in [-0.4, -0.2) is 59.3 Å². The number of aromatic nitrogens is 2. The molecule has 1 aliphatic carbocycles. The summed E-state index contributed by atoms with van der Waals surface area (Å²) in [5.74, 6) is 6.46. The van der Waals surface area contributed by atoms with Gasteiger partial charge in [-0.3, -0.25) is 0 Å². The molecular weight excluding hydrogens is 384 g/mol. The first-order chi connectivity index (χ1) is 14.3. The SMILES string of the molecule is CCCCN(C)C(=O)OC/C(=C(/N)c1cnc(OC2CCCCC2)c(C)n1)N(C)N. The molecule has 0 spiro atoms. The minimum Gasteiger partial charge on any atom is -0.473 e. The van der Waals surface area contributed by atoms with Crippen LogP contribution >= 0.6 is 0 Å². The van der Waals surface area contributed by atoms with Crippen molar-refractivity contribution in [2.75, 3.05) is 27.2 Å². The van der Waals surface area contributed by atoms with Crippen LogP contribution in [0.4, 0.5) is 4.79 Å². The number of hydrogen-bond acceptors (Lipinski definition) is 8. The summed E-state index contributed by atoms with van der Waals surface area (Å²) in [6.45, 7) is 4.49. The highest BCUT2D eigenvalue weighted by Gasteiger charge is 2.19. The van der Waals surface area contributed by atoms with Crippen LogP contribution < -0.4 is 16.3 Å². The molecule has 0 unspecified atom stereocenters. The van der Waals surface area contributed by atoms with E-state index in [0.29, 0.717) is 35.2 Å². The van der Waals surface area contributed by atoms with Crippen LogP contribution in [0.25, 0.3) is 5.70 Å². The van der Waals surface area contributed by atoms with Gasteiger partial charge in [-0.15, -0.1) is 0 Å². The summed E-state index contributed by atoms with van der Waals surface area (Å²) in [7, 11) is 3.34. The Labute approximate surface area is 179 Å². The number of unbranched alkanes of at least 4 members (excludes halogenated alkanes) is 1. The van der Waals surface area contributed by atoms with E-state index < -0.39 is 6.09 Å². The molecule has 1 aromatic heterocycles. The molecule has 1 saturated carbocycles. The minimum absolute atomic E-state index is 0.0603. The van der Waals surface area contributed by atoms with E-state index in [0.717, 1.165) is 25.7 Å². The molecule has 168 valence electrons. The number of carbonyl (C=O) groups is 1. The fraction of sp³-hybridized carbons (Fsp3) is 0.667. The Morgan fingerprint density at radius 2 is 1.97 bits per heavy atom. The molecule has 0 aliphatic heterocycles. The van der Waals surface area contributed by atoms with E-state index in [2.05, 4.69) is 16.9 Å². The van der Waals surface area contributed by atoms with E-state index in [-0.39, 0.29) is 12.7 Å². The van der Waals surface area contributed by atoms with Crippen LogP contribution in [0.1, 0.15) is 63.3 Å². The van der Waals surface area contributed by atoms with E-state index >= 15 is 0 Å². The number of hydrazine groups is 1. The van der Waals surface area contributed by atoms with Gasteiger partial charge in [0.25, 0.3) is 0 Å². The van der Waals surface area contributed by atoms with Crippen LogP contribution in [0.3, 0.4) is 0 Å². The molecule has 0 radical (unpaired) electrons. The van der Waals surface area contributed by atoms with Crippen molar-refractivity contribution in [2.45, 2.75) is 64.9 Å². The lowest BCUT2D eigenvalue weighted by atomic mass is 9.98. The fourth-order valence-corrected chi connectivity index (χ4v) is 3.30. The molecule has 9 nitrogen and oxygen atoms in total. The molecule has 1 heterocycles. The first-order valence-electron chi connectivity index (χ1n) is 10.7. The standard InChI is InChI=1S/C21H36N6O3/c1-5-6-12-26(3)21(28)29-14-18(27(4)23)19(22)17-13-24-20(15(2)25-17)30-16-10-8-7-9-11-16/h13,16H,5-12,14,22-23H2,1-4H3/b19-18-. The Hall–Kier alpha value is -2.55. The van der Waals surface area contributed by atoms with E-state index in [9.17, 15) is 4.79 Å². The molecule has 30 heavy (non-hydrogen) atoms. The monoisotopic (exact) mass is 420 g/mol. The predicted molar refractivity (Wildman–Crippen MR) is 116 cm³/mol. The van der Waals surface area contributed by atoms with Gasteiger partial charge in [-0.2, -0.15) is 0 Å². The average molecular weight is 421 g/mol. The number of aryl methyl sites for hydroxylation is 1. The molecule has 0 aromatic carbocycles. The second-order valence-electron chi connectivity index (χ2n) is 7.82. The number of likely N-dealkylation sites (N-methyl/N-ethyl adjacent to an activating group) is 1. The zero-order valence-corrected chi connectivity index (χ0v) is 18.7. The molecular formula is C21H36N6O3. The van der Waals surface area contributed by atoms with Crippen LogP contribution in [0.2, 0.25) is 0 Å². The molecule has 0 atom stereocenters. The van der Waals surface area contributed by atoms with Crippen molar-refractivity contribution >= 4 is 11.8 Å². The van der Waals surface area contributed by atoms with Crippen LogP contribution in [0.15, 0.2) is 11.9 Å². The maximum Gasteiger partial charge on any atom is 0.409 e. The molecule has 9 heteroatoms. The molecule has 0 saturated heterocycles. The quantitative estimate of drug-likeness (QED) is 0.462. The highest BCUT2D eigenvalue weighted by atomic mass is 16.6. The van der Waals surface area contributed by atoms with Gasteiger partial charge in [-0.05, 0) is 39.0 Å². The van der Waals surface area contributed by atoms with Crippen molar-refractivity contribution in [1.82, 2.24) is 19.9 Å². The normalized spacial score (nSPS) is 15.4. The van der Waals surface area contributed by atoms with Gasteiger partial charge >= 0.3 is 6.09 Å². The van der Waals surface area contributed by atoms with Crippen molar-refractivity contribution in [3.63, 3.8) is 0 Å². The highest BCUT2D eigenvalue weighted by Crippen LogP contribution is 2.24. The highest BCUT2D eigenvalue weighted by molar-refractivity contribution is 5.68. The topological polar surface area (TPSA) is 120 Å². The largest absolute Gasteiger partial charge is 0.473 e. The number of rotatable bonds is 9. The molecule has 1 amide bonds. The van der Waals surface area contributed by atoms with Crippen molar-refractivity contribution in [2.24, 2.45) is 11.6 Å². The van der Waals surface area contributed by atoms with Crippen molar-refractivity contribution in [3.8, 4) is 5.88 Å². The Kier molecular flexibility index (Phi) is 9.16. The Bertz CT molecular complexity index is 731. The molecule has 1 fully saturated rings. The molecule has 0 bridgehead atoms. The first-order valence-corrected chi connectivity index (χ1v) is 10.7. The number of nitrogens with zero attached hydrogens (tertiary/aromatic N) is 4. The summed E-state index contributed by atoms with van der Waals surface area (Å²) in [4.78, 5) is 22.7. The van der Waals surface area contributed by atoms with Gasteiger partial charge in [-0.1, -0.05) is 19.8 Å². The lowest BCUT2D eigenvalue weighted by molar-refractivity contribution is 0.113. The van der Waals surface area contributed by atoms with E-state index in [1.807, 2.05) is 6.92 Å². The summed E-state index contributed by atoms with van der Waals surface area (Å²) in [5.41, 5.74) is 8.18. The lowest BCUT2D eigenvalue weighted by Crippen LogP contribution is -2.34. The Morgan fingerprint density at radius 3 is 2.57 bits per heavy atom. The number of amides is 1. The zero-order valence-electron chi connectivity index (χ0n) is 18.7. The lowest BCUT2D eigenvalue weighted by Gasteiger charge is -2.23. The Balaban J connectivity index is 2.09. The summed E-state index contributed by atoms with van der Waals surface area (Å²) >= 11 is 0. The molecule has 2 rings (SSSR count). The summed E-state index contributed by atoms with van der Waals surface area (Å²) in [6, 6.07) is 0. The van der Waals surface area contributed by atoms with Gasteiger partial charge in [0.1, 0.15) is 24.1 Å². The van der Waals surface area contributed by atoms with Gasteiger partial charge in [0.05, 0.1) is 17.6 Å². The minimum atomic E-state index is -0.422. The number of hydrogen-bond donors (Lipinski definition) is 2. The third kappa shape index (κ3) is 6.76. The van der Waals surface area contributed by atoms with E-state index in [4.69, 9.17) is 21.1 Å². The van der Waals surface area contributed by atoms with Gasteiger partial charge in [0, 0.05) is 20.6 Å². The number of carbonyl (C=O) groups excluding carboxylic acids is 1. The zero-order chi connectivity index (χ0) is 22.1. The summed E-state index contributed by atoms with van der Waals surface area (Å²) in [5, 5.41) is 1.33. The predicted octanol–water partition coefficient (Wildman–Crippen LogP) is 2.80. The number of ether oxygens (including phenoxy) is 2. The van der Waals surface area contributed by atoms with Crippen LogP contribution in [-0.2, 0) is 4.74 Å². The molecule has 4 N–H and O–H groups in total. The smallest absolute Gasteiger partial charge is 0.409 e. The van der Waals surface area contributed by atoms with E-state index in [1.165, 1.54) is 29.2 Å². The third-order valence-corrected chi connectivity index (χ3v) is 5.24. The van der Waals surface area contributed by atoms with Gasteiger partial charge in [0.15, 0.2) is 0 Å². The van der Waals surface area contributed by atoms with Crippen LogP contribution in [0.5, 0.6) is 5.88 Å². The van der Waals surface area contributed by atoms with Gasteiger partial charge < -0.3 is 25.1 Å². The maximum atomic E-state index is 12.2. The second-order valence-corrected chi connectivity index (χ2v) is 7.82. The van der Waals surface area contributed by atoms with Crippen molar-refractivity contribution in [1.29, 1.82) is 0 Å². The van der Waals surface area contributed by atoms with Gasteiger partial charge in [0.2, 0.25) is 5.88 Å². The third-order valence-electron chi connectivity index (χ3n) is 5.24. The second kappa shape index (κ2) is 11.6. The average Bonchev–Trinajstić information content (AvgIpc) is 2.73. The summed E-state index contributed by atoms with van der Waals surface area (Å²) in [6.07, 6.45) is 8.98. The molecule has 1 aliphatic rings. The maximum absolute atomic E-state index is 12.2. The molecule has 1 aromatic rings. The van der Waals surface area contributed by atoms with Crippen molar-refractivity contribution < 1.29 is 14.3 Å². The van der Waals surface area contributed by atoms with Gasteiger partial charge in [-0.25, -0.2) is 20.6 Å². The Morgan fingerprint density at radius 1 is 1.27 bits per heavy atom. The van der Waals surface area contributed by atoms with Crippen LogP contribution in [0, 0.1) is 6.92 Å². The fourth-order valence-electron chi connectivity index (χ4n) is 3.30. The van der Waals surface area contributed by atoms with E-state index in [1.54, 1.807) is 20.3 Å². The first kappa shape index (κ1) is 23.7.